The molecule has 6 nitrogen and oxygen atoms in total. The monoisotopic (exact) mass is 344 g/mol. The van der Waals surface area contributed by atoms with Crippen LogP contribution in [0.2, 0.25) is 0 Å². The molecule has 0 aliphatic heterocycles. The molecule has 25 heavy (non-hydrogen) atoms. The molecule has 0 aromatic heterocycles. The van der Waals surface area contributed by atoms with Crippen LogP contribution in [0.5, 0.6) is 0 Å². The van der Waals surface area contributed by atoms with E-state index < -0.39 is 23.6 Å². The van der Waals surface area contributed by atoms with Crippen molar-refractivity contribution < 1.29 is 23.5 Å². The van der Waals surface area contributed by atoms with Crippen LogP contribution in [0.4, 0.5) is 10.1 Å². The van der Waals surface area contributed by atoms with Gasteiger partial charge in [-0.05, 0) is 38.0 Å². The van der Waals surface area contributed by atoms with Crippen LogP contribution in [-0.4, -0.2) is 24.8 Å². The Bertz CT molecular complexity index is 791. The zero-order valence-corrected chi connectivity index (χ0v) is 13.8. The molecule has 0 saturated heterocycles. The molecule has 1 amide bonds. The van der Waals surface area contributed by atoms with Crippen molar-refractivity contribution in [1.29, 1.82) is 5.26 Å². The first-order chi connectivity index (χ1) is 11.9. The van der Waals surface area contributed by atoms with E-state index in [0.717, 1.165) is 20.0 Å². The SMILES string of the molecule is COC(=O)C(/C=C/C(=O)C1CC1)C(=O)Nc1ccc(C#N)c(F)c1C. The van der Waals surface area contributed by atoms with Gasteiger partial charge in [0.1, 0.15) is 11.9 Å². The molecule has 1 atom stereocenters. The van der Waals surface area contributed by atoms with Crippen LogP contribution >= 0.6 is 0 Å². The van der Waals surface area contributed by atoms with Gasteiger partial charge in [0.2, 0.25) is 5.91 Å². The number of carbonyl (C=O) groups is 3. The maximum absolute atomic E-state index is 14.0. The second kappa shape index (κ2) is 7.71. The predicted molar refractivity (Wildman–Crippen MR) is 86.9 cm³/mol. The van der Waals surface area contributed by atoms with Crippen molar-refractivity contribution in [2.75, 3.05) is 12.4 Å². The molecule has 1 N–H and O–H groups in total. The number of anilines is 1. The zero-order valence-electron chi connectivity index (χ0n) is 13.8. The number of methoxy groups -OCH3 is 1. The van der Waals surface area contributed by atoms with E-state index in [1.54, 1.807) is 6.07 Å². The fourth-order valence-corrected chi connectivity index (χ4v) is 2.21. The summed E-state index contributed by atoms with van der Waals surface area (Å²) in [6, 6.07) is 4.32. The molecule has 1 aliphatic carbocycles. The number of halogens is 1. The van der Waals surface area contributed by atoms with Crippen molar-refractivity contribution in [3.05, 3.63) is 41.2 Å². The predicted octanol–water partition coefficient (Wildman–Crippen LogP) is 2.27. The number of amides is 1. The minimum atomic E-state index is -1.33. The molecule has 0 radical (unpaired) electrons. The molecule has 1 aromatic rings. The van der Waals surface area contributed by atoms with E-state index in [1.165, 1.54) is 31.2 Å². The molecule has 1 fully saturated rings. The Morgan fingerprint density at radius 2 is 2.08 bits per heavy atom. The number of ether oxygens (including phenoxy) is 1. The highest BCUT2D eigenvalue weighted by molar-refractivity contribution is 6.07. The lowest BCUT2D eigenvalue weighted by atomic mass is 10.1. The van der Waals surface area contributed by atoms with Crippen molar-refractivity contribution in [2.45, 2.75) is 19.8 Å². The number of hydrogen-bond acceptors (Lipinski definition) is 5. The van der Waals surface area contributed by atoms with Gasteiger partial charge < -0.3 is 10.1 Å². The minimum absolute atomic E-state index is 0.0347. The Kier molecular flexibility index (Phi) is 5.65. The van der Waals surface area contributed by atoms with Crippen LogP contribution in [0.3, 0.4) is 0 Å². The van der Waals surface area contributed by atoms with Gasteiger partial charge in [0.25, 0.3) is 0 Å². The highest BCUT2D eigenvalue weighted by Gasteiger charge is 2.30. The molecule has 1 aliphatic rings. The number of benzene rings is 1. The Balaban J connectivity index is 2.19. The molecule has 0 heterocycles. The van der Waals surface area contributed by atoms with E-state index in [2.05, 4.69) is 10.1 Å². The average molecular weight is 344 g/mol. The number of hydrogen-bond donors (Lipinski definition) is 1. The van der Waals surface area contributed by atoms with E-state index in [0.29, 0.717) is 0 Å². The number of allylic oxidation sites excluding steroid dienone is 1. The van der Waals surface area contributed by atoms with Crippen molar-refractivity contribution >= 4 is 23.3 Å². The third kappa shape index (κ3) is 4.29. The smallest absolute Gasteiger partial charge is 0.322 e. The summed E-state index contributed by atoms with van der Waals surface area (Å²) in [4.78, 5) is 35.9. The third-order valence-corrected chi connectivity index (χ3v) is 3.93. The number of nitrogens with one attached hydrogen (secondary N) is 1. The van der Waals surface area contributed by atoms with E-state index in [9.17, 15) is 18.8 Å². The van der Waals surface area contributed by atoms with Gasteiger partial charge in [0, 0.05) is 17.2 Å². The molecule has 1 unspecified atom stereocenters. The van der Waals surface area contributed by atoms with E-state index in [1.807, 2.05) is 0 Å². The molecular formula is C18H17FN2O4. The molecular weight excluding hydrogens is 327 g/mol. The molecule has 1 saturated carbocycles. The first-order valence-corrected chi connectivity index (χ1v) is 7.69. The average Bonchev–Trinajstić information content (AvgIpc) is 3.44. The van der Waals surface area contributed by atoms with Gasteiger partial charge in [-0.25, -0.2) is 4.39 Å². The Labute approximate surface area is 144 Å². The summed E-state index contributed by atoms with van der Waals surface area (Å²) in [6.45, 7) is 1.41. The minimum Gasteiger partial charge on any atom is -0.468 e. The fourth-order valence-electron chi connectivity index (χ4n) is 2.21. The lowest BCUT2D eigenvalue weighted by Crippen LogP contribution is -2.29. The van der Waals surface area contributed by atoms with Gasteiger partial charge in [-0.2, -0.15) is 5.26 Å². The third-order valence-electron chi connectivity index (χ3n) is 3.93. The number of nitriles is 1. The molecule has 1 aromatic carbocycles. The van der Waals surface area contributed by atoms with Crippen LogP contribution in [0.1, 0.15) is 24.0 Å². The largest absolute Gasteiger partial charge is 0.468 e. The van der Waals surface area contributed by atoms with Crippen LogP contribution in [0.15, 0.2) is 24.3 Å². The highest BCUT2D eigenvalue weighted by Crippen LogP contribution is 2.30. The van der Waals surface area contributed by atoms with E-state index in [4.69, 9.17) is 5.26 Å². The molecule has 2 rings (SSSR count). The summed E-state index contributed by atoms with van der Waals surface area (Å²) in [5, 5.41) is 11.2. The number of ketones is 1. The Morgan fingerprint density at radius 3 is 2.64 bits per heavy atom. The summed E-state index contributed by atoms with van der Waals surface area (Å²) in [5.41, 5.74) is 0.0707. The number of carbonyl (C=O) groups excluding carboxylic acids is 3. The van der Waals surface area contributed by atoms with Crippen LogP contribution in [-0.2, 0) is 19.1 Å². The van der Waals surface area contributed by atoms with Crippen LogP contribution in [0, 0.1) is 35.9 Å². The Morgan fingerprint density at radius 1 is 1.40 bits per heavy atom. The van der Waals surface area contributed by atoms with E-state index >= 15 is 0 Å². The second-order valence-corrected chi connectivity index (χ2v) is 5.74. The van der Waals surface area contributed by atoms with Gasteiger partial charge >= 0.3 is 5.97 Å². The van der Waals surface area contributed by atoms with Crippen LogP contribution in [0.25, 0.3) is 0 Å². The normalized spacial score (nSPS) is 14.6. The van der Waals surface area contributed by atoms with Gasteiger partial charge in [-0.1, -0.05) is 6.08 Å². The molecule has 0 bridgehead atoms. The summed E-state index contributed by atoms with van der Waals surface area (Å²) in [5.74, 6) is -3.82. The summed E-state index contributed by atoms with van der Waals surface area (Å²) < 4.78 is 18.6. The van der Waals surface area contributed by atoms with E-state index in [-0.39, 0.29) is 28.5 Å². The Hall–Kier alpha value is -3.01. The van der Waals surface area contributed by atoms with Crippen molar-refractivity contribution in [3.63, 3.8) is 0 Å². The van der Waals surface area contributed by atoms with Crippen molar-refractivity contribution in [2.24, 2.45) is 11.8 Å². The van der Waals surface area contributed by atoms with Gasteiger partial charge in [-0.15, -0.1) is 0 Å². The van der Waals surface area contributed by atoms with Gasteiger partial charge in [-0.3, -0.25) is 14.4 Å². The highest BCUT2D eigenvalue weighted by atomic mass is 19.1. The maximum atomic E-state index is 14.0. The zero-order chi connectivity index (χ0) is 18.6. The topological polar surface area (TPSA) is 96.3 Å². The van der Waals surface area contributed by atoms with Crippen LogP contribution < -0.4 is 5.32 Å². The summed E-state index contributed by atoms with van der Waals surface area (Å²) in [6.07, 6.45) is 4.02. The van der Waals surface area contributed by atoms with Crippen molar-refractivity contribution in [3.8, 4) is 6.07 Å². The fraction of sp³-hybridized carbons (Fsp3) is 0.333. The first kappa shape index (κ1) is 18.3. The molecule has 7 heteroatoms. The number of rotatable bonds is 6. The summed E-state index contributed by atoms with van der Waals surface area (Å²) in [7, 11) is 1.13. The molecule has 0 spiro atoms. The summed E-state index contributed by atoms with van der Waals surface area (Å²) >= 11 is 0. The van der Waals surface area contributed by atoms with Gasteiger partial charge in [0.05, 0.1) is 12.7 Å². The number of esters is 1. The lowest BCUT2D eigenvalue weighted by Gasteiger charge is -2.13. The second-order valence-electron chi connectivity index (χ2n) is 5.74. The first-order valence-electron chi connectivity index (χ1n) is 7.69. The van der Waals surface area contributed by atoms with Crippen molar-refractivity contribution in [1.82, 2.24) is 0 Å². The molecule has 130 valence electrons. The van der Waals surface area contributed by atoms with Gasteiger partial charge in [0.15, 0.2) is 11.7 Å². The standard InChI is InChI=1S/C18H17FN2O4/c1-10-14(7-5-12(9-20)16(10)19)21-17(23)13(18(24)25-2)6-8-15(22)11-3-4-11/h5-8,11,13H,3-4H2,1-2H3,(H,21,23)/b8-6+. The number of nitrogens with zero attached hydrogens (tertiary/aromatic N) is 1. The quantitative estimate of drug-likeness (QED) is 0.485. The lowest BCUT2D eigenvalue weighted by molar-refractivity contribution is -0.146. The maximum Gasteiger partial charge on any atom is 0.322 e.